The Morgan fingerprint density at radius 2 is 0.902 bits per heavy atom. The van der Waals surface area contributed by atoms with Crippen molar-refractivity contribution in [3.8, 4) is 0 Å². The number of esters is 2. The number of aliphatic hydroxyl groups excluding tert-OH is 1. The van der Waals surface area contributed by atoms with Gasteiger partial charge in [-0.2, -0.15) is 0 Å². The van der Waals surface area contributed by atoms with E-state index >= 15 is 0 Å². The van der Waals surface area contributed by atoms with E-state index in [1.165, 1.54) is 122 Å². The van der Waals surface area contributed by atoms with Gasteiger partial charge in [0.2, 0.25) is 0 Å². The summed E-state index contributed by atoms with van der Waals surface area (Å²) in [6.07, 6.45) is 31.6. The van der Waals surface area contributed by atoms with E-state index in [-0.39, 0.29) is 25.2 Å². The molecule has 0 aromatic rings. The third-order valence-electron chi connectivity index (χ3n) is 8.08. The summed E-state index contributed by atoms with van der Waals surface area (Å²) >= 11 is 0. The molecule has 244 valence electrons. The lowest BCUT2D eigenvalue weighted by atomic mass is 10.0. The largest absolute Gasteiger partial charge is 0.462 e. The van der Waals surface area contributed by atoms with Crippen molar-refractivity contribution in [2.75, 3.05) is 13.2 Å². The summed E-state index contributed by atoms with van der Waals surface area (Å²) in [7, 11) is 0. The molecule has 0 aromatic heterocycles. The zero-order valence-electron chi connectivity index (χ0n) is 27.7. The number of hydrogen-bond acceptors (Lipinski definition) is 5. The molecular formula is C36H70O5. The maximum atomic E-state index is 12.1. The van der Waals surface area contributed by atoms with Gasteiger partial charge < -0.3 is 14.6 Å². The molecular weight excluding hydrogens is 512 g/mol. The van der Waals surface area contributed by atoms with Crippen molar-refractivity contribution in [2.45, 2.75) is 200 Å². The standard InChI is InChI=1S/C36H70O5/c1-4-5-6-7-8-9-17-20-23-26-29-35(38)40-32-34(31-37)41-36(39)30-27-24-21-18-15-13-11-10-12-14-16-19-22-25-28-33(2)3/h33-34,37H,4-32H2,1-3H3/t34-/m0/s1. The predicted molar refractivity (Wildman–Crippen MR) is 173 cm³/mol. The summed E-state index contributed by atoms with van der Waals surface area (Å²) in [6.45, 7) is 6.49. The Bertz CT molecular complexity index is 562. The fourth-order valence-corrected chi connectivity index (χ4v) is 5.33. The molecule has 0 aliphatic carbocycles. The lowest BCUT2D eigenvalue weighted by Gasteiger charge is -2.15. The number of carbonyl (C=O) groups excluding carboxylic acids is 2. The van der Waals surface area contributed by atoms with Gasteiger partial charge in [-0.25, -0.2) is 0 Å². The van der Waals surface area contributed by atoms with Crippen molar-refractivity contribution in [2.24, 2.45) is 5.92 Å². The van der Waals surface area contributed by atoms with Gasteiger partial charge in [0.1, 0.15) is 6.61 Å². The number of carbonyl (C=O) groups is 2. The van der Waals surface area contributed by atoms with E-state index < -0.39 is 6.10 Å². The minimum atomic E-state index is -0.760. The molecule has 5 heteroatoms. The van der Waals surface area contributed by atoms with Gasteiger partial charge in [-0.15, -0.1) is 0 Å². The van der Waals surface area contributed by atoms with Crippen LogP contribution in [0, 0.1) is 5.92 Å². The van der Waals surface area contributed by atoms with Gasteiger partial charge in [-0.1, -0.05) is 168 Å². The number of hydrogen-bond donors (Lipinski definition) is 1. The number of unbranched alkanes of at least 4 members (excludes halogenated alkanes) is 22. The monoisotopic (exact) mass is 583 g/mol. The normalized spacial score (nSPS) is 12.1. The highest BCUT2D eigenvalue weighted by molar-refractivity contribution is 5.70. The molecule has 0 spiro atoms. The van der Waals surface area contributed by atoms with E-state index in [1.807, 2.05) is 0 Å². The van der Waals surface area contributed by atoms with Crippen LogP contribution in [0.1, 0.15) is 194 Å². The summed E-state index contributed by atoms with van der Waals surface area (Å²) < 4.78 is 10.6. The molecule has 41 heavy (non-hydrogen) atoms. The Labute approximate surface area is 255 Å². The molecule has 0 radical (unpaired) electrons. The van der Waals surface area contributed by atoms with Gasteiger partial charge in [0.05, 0.1) is 6.61 Å². The second-order valence-corrected chi connectivity index (χ2v) is 12.8. The number of aliphatic hydroxyl groups is 1. The molecule has 0 bridgehead atoms. The summed E-state index contributed by atoms with van der Waals surface area (Å²) in [5.74, 6) is 0.269. The van der Waals surface area contributed by atoms with Gasteiger partial charge in [0.15, 0.2) is 6.10 Å². The topological polar surface area (TPSA) is 72.8 Å². The molecule has 0 aliphatic heterocycles. The maximum Gasteiger partial charge on any atom is 0.306 e. The van der Waals surface area contributed by atoms with E-state index in [0.29, 0.717) is 12.8 Å². The molecule has 0 aromatic carbocycles. The third kappa shape index (κ3) is 31.7. The fraction of sp³-hybridized carbons (Fsp3) is 0.944. The lowest BCUT2D eigenvalue weighted by Crippen LogP contribution is -2.28. The van der Waals surface area contributed by atoms with Crippen molar-refractivity contribution in [1.82, 2.24) is 0 Å². The van der Waals surface area contributed by atoms with Crippen LogP contribution in [0.4, 0.5) is 0 Å². The van der Waals surface area contributed by atoms with Crippen LogP contribution in [0.2, 0.25) is 0 Å². The zero-order valence-corrected chi connectivity index (χ0v) is 27.7. The fourth-order valence-electron chi connectivity index (χ4n) is 5.33. The summed E-state index contributed by atoms with van der Waals surface area (Å²) in [4.78, 5) is 24.1. The van der Waals surface area contributed by atoms with Crippen LogP contribution in [-0.2, 0) is 19.1 Å². The Kier molecular flexibility index (Phi) is 31.0. The van der Waals surface area contributed by atoms with E-state index in [1.54, 1.807) is 0 Å². The molecule has 0 rings (SSSR count). The molecule has 0 aliphatic rings. The molecule has 0 unspecified atom stereocenters. The quantitative estimate of drug-likeness (QED) is 0.0631. The molecule has 0 saturated heterocycles. The van der Waals surface area contributed by atoms with Crippen LogP contribution in [0.5, 0.6) is 0 Å². The van der Waals surface area contributed by atoms with Crippen LogP contribution in [0.25, 0.3) is 0 Å². The summed E-state index contributed by atoms with van der Waals surface area (Å²) in [5, 5.41) is 9.50. The molecule has 0 amide bonds. The van der Waals surface area contributed by atoms with Crippen molar-refractivity contribution in [1.29, 1.82) is 0 Å². The van der Waals surface area contributed by atoms with Gasteiger partial charge in [-0.3, -0.25) is 9.59 Å². The third-order valence-corrected chi connectivity index (χ3v) is 8.08. The van der Waals surface area contributed by atoms with Gasteiger partial charge in [0, 0.05) is 12.8 Å². The second-order valence-electron chi connectivity index (χ2n) is 12.8. The summed E-state index contributed by atoms with van der Waals surface area (Å²) in [5.41, 5.74) is 0. The maximum absolute atomic E-state index is 12.1. The highest BCUT2D eigenvalue weighted by Crippen LogP contribution is 2.15. The SMILES string of the molecule is CCCCCCCCCCCCC(=O)OC[C@H](CO)OC(=O)CCCCCCCCCCCCCCCCC(C)C. The zero-order chi connectivity index (χ0) is 30.2. The van der Waals surface area contributed by atoms with Gasteiger partial charge in [-0.05, 0) is 18.8 Å². The van der Waals surface area contributed by atoms with Crippen LogP contribution >= 0.6 is 0 Å². The molecule has 0 heterocycles. The Balaban J connectivity index is 3.51. The molecule has 5 nitrogen and oxygen atoms in total. The number of ether oxygens (including phenoxy) is 2. The van der Waals surface area contributed by atoms with Crippen molar-refractivity contribution >= 4 is 11.9 Å². The molecule has 0 saturated carbocycles. The highest BCUT2D eigenvalue weighted by atomic mass is 16.6. The van der Waals surface area contributed by atoms with Crippen molar-refractivity contribution in [3.63, 3.8) is 0 Å². The molecule has 1 atom stereocenters. The number of rotatable bonds is 32. The van der Waals surface area contributed by atoms with Crippen LogP contribution in [0.15, 0.2) is 0 Å². The smallest absolute Gasteiger partial charge is 0.306 e. The lowest BCUT2D eigenvalue weighted by molar-refractivity contribution is -0.161. The first-order chi connectivity index (χ1) is 20.0. The van der Waals surface area contributed by atoms with Crippen LogP contribution in [-0.4, -0.2) is 36.4 Å². The minimum Gasteiger partial charge on any atom is -0.462 e. The van der Waals surface area contributed by atoms with E-state index in [9.17, 15) is 14.7 Å². The van der Waals surface area contributed by atoms with E-state index in [4.69, 9.17) is 9.47 Å². The Hall–Kier alpha value is -1.10. The molecule has 0 fully saturated rings. The van der Waals surface area contributed by atoms with Gasteiger partial charge >= 0.3 is 11.9 Å². The first kappa shape index (κ1) is 39.9. The molecule has 1 N–H and O–H groups in total. The Morgan fingerprint density at radius 1 is 0.537 bits per heavy atom. The highest BCUT2D eigenvalue weighted by Gasteiger charge is 2.16. The van der Waals surface area contributed by atoms with Crippen LogP contribution in [0.3, 0.4) is 0 Å². The van der Waals surface area contributed by atoms with Gasteiger partial charge in [0.25, 0.3) is 0 Å². The first-order valence-corrected chi connectivity index (χ1v) is 18.0. The minimum absolute atomic E-state index is 0.0584. The summed E-state index contributed by atoms with van der Waals surface area (Å²) in [6, 6.07) is 0. The van der Waals surface area contributed by atoms with Crippen molar-refractivity contribution in [3.05, 3.63) is 0 Å². The van der Waals surface area contributed by atoms with E-state index in [2.05, 4.69) is 20.8 Å². The average Bonchev–Trinajstić information content (AvgIpc) is 2.95. The second kappa shape index (κ2) is 31.8. The van der Waals surface area contributed by atoms with Crippen molar-refractivity contribution < 1.29 is 24.2 Å². The first-order valence-electron chi connectivity index (χ1n) is 18.0. The van der Waals surface area contributed by atoms with Crippen LogP contribution < -0.4 is 0 Å². The average molecular weight is 583 g/mol. The predicted octanol–water partition coefficient (Wildman–Crippen LogP) is 10.6. The van der Waals surface area contributed by atoms with E-state index in [0.717, 1.165) is 44.4 Å². The Morgan fingerprint density at radius 3 is 1.29 bits per heavy atom.